The molecule has 0 N–H and O–H groups in total. The number of carbonyl (C=O) groups is 2. The average molecular weight is 357 g/mol. The highest BCUT2D eigenvalue weighted by Gasteiger charge is 2.23. The fourth-order valence-corrected chi connectivity index (χ4v) is 3.30. The summed E-state index contributed by atoms with van der Waals surface area (Å²) in [6, 6.07) is 6.79. The Morgan fingerprint density at radius 1 is 1.27 bits per heavy atom. The van der Waals surface area contributed by atoms with E-state index >= 15 is 0 Å². The normalized spacial score (nSPS) is 17.3. The Balaban J connectivity index is 1.79. The number of amides is 1. The van der Waals surface area contributed by atoms with Crippen LogP contribution >= 0.6 is 0 Å². The zero-order chi connectivity index (χ0) is 18.7. The van der Waals surface area contributed by atoms with Gasteiger partial charge in [-0.25, -0.2) is 9.48 Å². The molecule has 0 aliphatic carbocycles. The van der Waals surface area contributed by atoms with E-state index in [0.29, 0.717) is 36.3 Å². The molecule has 3 rings (SSSR count). The molecule has 2 heterocycles. The number of likely N-dealkylation sites (tertiary alicyclic amines) is 1. The summed E-state index contributed by atoms with van der Waals surface area (Å²) in [7, 11) is 0. The minimum atomic E-state index is -0.693. The fraction of sp³-hybridized carbons (Fsp3) is 0.474. The van der Waals surface area contributed by atoms with Crippen molar-refractivity contribution in [3.63, 3.8) is 0 Å². The molecule has 1 aliphatic heterocycles. The lowest BCUT2D eigenvalue weighted by atomic mass is 10.0. The van der Waals surface area contributed by atoms with Gasteiger partial charge in [-0.1, -0.05) is 25.1 Å². The van der Waals surface area contributed by atoms with Gasteiger partial charge in [-0.05, 0) is 31.7 Å². The first-order valence-electron chi connectivity index (χ1n) is 8.96. The van der Waals surface area contributed by atoms with Gasteiger partial charge in [0.15, 0.2) is 12.3 Å². The van der Waals surface area contributed by atoms with E-state index in [1.165, 1.54) is 4.68 Å². The Morgan fingerprint density at radius 3 is 2.69 bits per heavy atom. The molecular weight excluding hydrogens is 334 g/mol. The molecule has 0 saturated carbocycles. The lowest BCUT2D eigenvalue weighted by molar-refractivity contribution is -0.136. The molecule has 1 fully saturated rings. The second kappa shape index (κ2) is 7.68. The number of piperidine rings is 1. The number of fused-ring (bicyclic) bond motifs is 1. The second-order valence-electron chi connectivity index (χ2n) is 6.68. The molecule has 1 aromatic heterocycles. The van der Waals surface area contributed by atoms with Crippen LogP contribution in [0.3, 0.4) is 0 Å². The fourth-order valence-electron chi connectivity index (χ4n) is 3.30. The highest BCUT2D eigenvalue weighted by Crippen LogP contribution is 2.17. The summed E-state index contributed by atoms with van der Waals surface area (Å²) in [6.45, 7) is 5.30. The van der Waals surface area contributed by atoms with Crippen molar-refractivity contribution < 1.29 is 14.3 Å². The summed E-state index contributed by atoms with van der Waals surface area (Å²) in [5, 5.41) is 4.97. The Hall–Kier alpha value is -2.70. The molecule has 138 valence electrons. The first-order chi connectivity index (χ1) is 12.5. The van der Waals surface area contributed by atoms with Gasteiger partial charge in [0.25, 0.3) is 11.5 Å². The van der Waals surface area contributed by atoms with Gasteiger partial charge in [-0.2, -0.15) is 5.10 Å². The molecule has 7 nitrogen and oxygen atoms in total. The van der Waals surface area contributed by atoms with E-state index < -0.39 is 5.97 Å². The predicted molar refractivity (Wildman–Crippen MR) is 96.9 cm³/mol. The zero-order valence-electron chi connectivity index (χ0n) is 15.1. The van der Waals surface area contributed by atoms with Gasteiger partial charge in [0.1, 0.15) is 0 Å². The highest BCUT2D eigenvalue weighted by molar-refractivity contribution is 6.02. The molecule has 1 aliphatic rings. The van der Waals surface area contributed by atoms with Crippen LogP contribution in [-0.2, 0) is 16.1 Å². The largest absolute Gasteiger partial charge is 0.451 e. The number of hydrogen-bond donors (Lipinski definition) is 0. The number of ether oxygens (including phenoxy) is 1. The number of rotatable bonds is 4. The van der Waals surface area contributed by atoms with E-state index in [0.717, 1.165) is 12.8 Å². The first-order valence-corrected chi connectivity index (χ1v) is 8.96. The van der Waals surface area contributed by atoms with E-state index in [4.69, 9.17) is 4.74 Å². The van der Waals surface area contributed by atoms with Crippen LogP contribution in [-0.4, -0.2) is 46.3 Å². The maximum absolute atomic E-state index is 12.5. The molecule has 0 spiro atoms. The van der Waals surface area contributed by atoms with Crippen molar-refractivity contribution in [2.45, 2.75) is 33.2 Å². The lowest BCUT2D eigenvalue weighted by Gasteiger charge is -2.30. The average Bonchev–Trinajstić information content (AvgIpc) is 2.66. The SMILES string of the molecule is CCn1nc(C(=O)OCC(=O)N2CCC[C@@H](C)C2)c2ccccc2c1=O. The third kappa shape index (κ3) is 3.61. The highest BCUT2D eigenvalue weighted by atomic mass is 16.5. The van der Waals surface area contributed by atoms with E-state index in [-0.39, 0.29) is 23.8 Å². The molecule has 0 radical (unpaired) electrons. The Kier molecular flexibility index (Phi) is 5.35. The third-order valence-corrected chi connectivity index (χ3v) is 4.70. The molecule has 2 aromatic rings. The van der Waals surface area contributed by atoms with Crippen LogP contribution in [0.2, 0.25) is 0 Å². The summed E-state index contributed by atoms with van der Waals surface area (Å²) in [5.74, 6) is -0.429. The molecular formula is C19H23N3O4. The minimum absolute atomic E-state index is 0.0573. The number of aryl methyl sites for hydroxylation is 1. The molecule has 26 heavy (non-hydrogen) atoms. The topological polar surface area (TPSA) is 81.5 Å². The van der Waals surface area contributed by atoms with Crippen LogP contribution in [0.15, 0.2) is 29.1 Å². The van der Waals surface area contributed by atoms with Gasteiger partial charge in [0.2, 0.25) is 0 Å². The lowest BCUT2D eigenvalue weighted by Crippen LogP contribution is -2.41. The third-order valence-electron chi connectivity index (χ3n) is 4.70. The monoisotopic (exact) mass is 357 g/mol. The van der Waals surface area contributed by atoms with Crippen LogP contribution in [0.4, 0.5) is 0 Å². The number of carbonyl (C=O) groups excluding carboxylic acids is 2. The van der Waals surface area contributed by atoms with Crippen molar-refractivity contribution in [3.05, 3.63) is 40.3 Å². The summed E-state index contributed by atoms with van der Waals surface area (Å²) in [5.41, 5.74) is -0.195. The standard InChI is InChI=1S/C19H23N3O4/c1-3-22-18(24)15-9-5-4-8-14(15)17(20-22)19(25)26-12-16(23)21-10-6-7-13(2)11-21/h4-5,8-9,13H,3,6-7,10-12H2,1-2H3/t13-/m1/s1. The van der Waals surface area contributed by atoms with E-state index in [2.05, 4.69) is 12.0 Å². The zero-order valence-corrected chi connectivity index (χ0v) is 15.1. The minimum Gasteiger partial charge on any atom is -0.451 e. The van der Waals surface area contributed by atoms with Gasteiger partial charge < -0.3 is 9.64 Å². The van der Waals surface area contributed by atoms with Crippen molar-refractivity contribution in [1.82, 2.24) is 14.7 Å². The van der Waals surface area contributed by atoms with E-state index in [1.807, 2.05) is 0 Å². The Bertz CT molecular complexity index is 890. The van der Waals surface area contributed by atoms with Gasteiger partial charge in [0.05, 0.1) is 5.39 Å². The summed E-state index contributed by atoms with van der Waals surface area (Å²) in [4.78, 5) is 38.9. The molecule has 0 unspecified atom stereocenters. The van der Waals surface area contributed by atoms with Crippen LogP contribution in [0.25, 0.3) is 10.8 Å². The maximum Gasteiger partial charge on any atom is 0.359 e. The van der Waals surface area contributed by atoms with Gasteiger partial charge in [0, 0.05) is 25.0 Å². The maximum atomic E-state index is 12.5. The molecule has 1 amide bonds. The molecule has 1 atom stereocenters. The van der Waals surface area contributed by atoms with Crippen molar-refractivity contribution in [2.24, 2.45) is 5.92 Å². The quantitative estimate of drug-likeness (QED) is 0.780. The van der Waals surface area contributed by atoms with Crippen molar-refractivity contribution in [3.8, 4) is 0 Å². The van der Waals surface area contributed by atoms with Gasteiger partial charge in [-0.15, -0.1) is 0 Å². The summed E-state index contributed by atoms with van der Waals surface area (Å²) < 4.78 is 6.45. The first kappa shape index (κ1) is 18.1. The Morgan fingerprint density at radius 2 is 2.00 bits per heavy atom. The smallest absolute Gasteiger partial charge is 0.359 e. The predicted octanol–water partition coefficient (Wildman–Crippen LogP) is 1.83. The number of nitrogens with zero attached hydrogens (tertiary/aromatic N) is 3. The van der Waals surface area contributed by atoms with Crippen molar-refractivity contribution >= 4 is 22.6 Å². The van der Waals surface area contributed by atoms with Crippen LogP contribution in [0, 0.1) is 5.92 Å². The van der Waals surface area contributed by atoms with Crippen molar-refractivity contribution in [1.29, 1.82) is 0 Å². The Labute approximate surface area is 151 Å². The molecule has 1 aromatic carbocycles. The van der Waals surface area contributed by atoms with Gasteiger partial charge >= 0.3 is 5.97 Å². The number of esters is 1. The van der Waals surface area contributed by atoms with E-state index in [1.54, 1.807) is 36.1 Å². The van der Waals surface area contributed by atoms with Crippen LogP contribution in [0.5, 0.6) is 0 Å². The molecule has 0 bridgehead atoms. The number of aromatic nitrogens is 2. The number of hydrogen-bond acceptors (Lipinski definition) is 5. The number of benzene rings is 1. The van der Waals surface area contributed by atoms with Gasteiger partial charge in [-0.3, -0.25) is 9.59 Å². The van der Waals surface area contributed by atoms with Crippen molar-refractivity contribution in [2.75, 3.05) is 19.7 Å². The summed E-state index contributed by atoms with van der Waals surface area (Å²) >= 11 is 0. The van der Waals surface area contributed by atoms with Crippen LogP contribution < -0.4 is 5.56 Å². The molecule has 1 saturated heterocycles. The van der Waals surface area contributed by atoms with E-state index in [9.17, 15) is 14.4 Å². The molecule has 7 heteroatoms. The van der Waals surface area contributed by atoms with Crippen LogP contribution in [0.1, 0.15) is 37.2 Å². The summed E-state index contributed by atoms with van der Waals surface area (Å²) in [6.07, 6.45) is 2.08. The second-order valence-corrected chi connectivity index (χ2v) is 6.68.